The van der Waals surface area contributed by atoms with Gasteiger partial charge < -0.3 is 0 Å². The van der Waals surface area contributed by atoms with Crippen LogP contribution in [0.2, 0.25) is 0 Å². The van der Waals surface area contributed by atoms with Gasteiger partial charge in [-0.2, -0.15) is 0 Å². The van der Waals surface area contributed by atoms with Crippen LogP contribution in [0.5, 0.6) is 0 Å². The van der Waals surface area contributed by atoms with E-state index in [1.807, 2.05) is 6.92 Å². The SMILES string of the molecule is CCCCCN(C)S(=O)(=O)c1ccc(S(N)(=O)=O)cc1F. The van der Waals surface area contributed by atoms with Crippen LogP contribution < -0.4 is 5.14 Å². The van der Waals surface area contributed by atoms with Gasteiger partial charge in [-0.3, -0.25) is 0 Å². The molecular formula is C12H19FN2O4S2. The first-order valence-electron chi connectivity index (χ1n) is 6.39. The van der Waals surface area contributed by atoms with E-state index in [0.29, 0.717) is 12.5 Å². The lowest BCUT2D eigenvalue weighted by Crippen LogP contribution is -2.28. The minimum atomic E-state index is -4.07. The van der Waals surface area contributed by atoms with Crippen molar-refractivity contribution in [3.05, 3.63) is 24.0 Å². The molecule has 0 unspecified atom stereocenters. The number of unbranched alkanes of at least 4 members (excludes halogenated alkanes) is 2. The van der Waals surface area contributed by atoms with Gasteiger partial charge in [-0.05, 0) is 24.6 Å². The van der Waals surface area contributed by atoms with Gasteiger partial charge in [0.15, 0.2) is 0 Å². The molecular weight excluding hydrogens is 319 g/mol. The van der Waals surface area contributed by atoms with E-state index in [1.165, 1.54) is 7.05 Å². The summed E-state index contributed by atoms with van der Waals surface area (Å²) in [5.74, 6) is -1.14. The van der Waals surface area contributed by atoms with Gasteiger partial charge in [0.2, 0.25) is 20.0 Å². The highest BCUT2D eigenvalue weighted by Gasteiger charge is 2.25. The van der Waals surface area contributed by atoms with Crippen LogP contribution in [0.25, 0.3) is 0 Å². The monoisotopic (exact) mass is 338 g/mol. The van der Waals surface area contributed by atoms with Gasteiger partial charge >= 0.3 is 0 Å². The number of nitrogens with two attached hydrogens (primary N) is 1. The van der Waals surface area contributed by atoms with Crippen molar-refractivity contribution in [2.24, 2.45) is 5.14 Å². The molecule has 9 heteroatoms. The van der Waals surface area contributed by atoms with Gasteiger partial charge in [-0.25, -0.2) is 30.7 Å². The smallest absolute Gasteiger partial charge is 0.225 e. The second-order valence-corrected chi connectivity index (χ2v) is 8.25. The highest BCUT2D eigenvalue weighted by atomic mass is 32.2. The van der Waals surface area contributed by atoms with Gasteiger partial charge in [0.05, 0.1) is 4.90 Å². The summed E-state index contributed by atoms with van der Waals surface area (Å²) in [7, 11) is -6.70. The standard InChI is InChI=1S/C12H19FN2O4S2/c1-3-4-5-8-15(2)21(18,19)12-7-6-10(9-11(12)13)20(14,16)17/h6-7,9H,3-5,8H2,1-2H3,(H2,14,16,17). The molecule has 1 aromatic rings. The van der Waals surface area contributed by atoms with Gasteiger partial charge in [0, 0.05) is 13.6 Å². The Labute approximate surface area is 124 Å². The lowest BCUT2D eigenvalue weighted by atomic mass is 10.2. The van der Waals surface area contributed by atoms with Crippen molar-refractivity contribution >= 4 is 20.0 Å². The van der Waals surface area contributed by atoms with Crippen LogP contribution in [-0.4, -0.2) is 34.7 Å². The van der Waals surface area contributed by atoms with E-state index >= 15 is 0 Å². The first-order valence-corrected chi connectivity index (χ1v) is 9.38. The molecule has 0 radical (unpaired) electrons. The molecule has 0 amide bonds. The molecule has 0 atom stereocenters. The number of halogens is 1. The molecule has 0 spiro atoms. The minimum absolute atomic E-state index is 0.270. The summed E-state index contributed by atoms with van der Waals surface area (Å²) in [6.07, 6.45) is 2.47. The Morgan fingerprint density at radius 1 is 1.19 bits per heavy atom. The maximum Gasteiger partial charge on any atom is 0.245 e. The zero-order valence-corrected chi connectivity index (χ0v) is 13.5. The third-order valence-electron chi connectivity index (χ3n) is 3.00. The second kappa shape index (κ2) is 6.82. The molecule has 0 aromatic heterocycles. The molecule has 2 N–H and O–H groups in total. The first kappa shape index (κ1) is 18.0. The van der Waals surface area contributed by atoms with E-state index in [1.54, 1.807) is 0 Å². The summed E-state index contributed by atoms with van der Waals surface area (Å²) < 4.78 is 61.6. The number of nitrogens with zero attached hydrogens (tertiary/aromatic N) is 1. The molecule has 6 nitrogen and oxygen atoms in total. The Morgan fingerprint density at radius 3 is 2.29 bits per heavy atom. The second-order valence-electron chi connectivity index (χ2n) is 4.67. The Hall–Kier alpha value is -1.03. The Morgan fingerprint density at radius 2 is 1.81 bits per heavy atom. The van der Waals surface area contributed by atoms with Gasteiger partial charge in [0.1, 0.15) is 10.7 Å². The number of rotatable bonds is 7. The molecule has 0 heterocycles. The third-order valence-corrected chi connectivity index (χ3v) is 5.80. The summed E-state index contributed by atoms with van der Waals surface area (Å²) in [5, 5.41) is 4.87. The molecule has 21 heavy (non-hydrogen) atoms. The Bertz CT molecular complexity index is 702. The molecule has 1 rings (SSSR count). The average Bonchev–Trinajstić information content (AvgIpc) is 2.37. The number of hydrogen-bond donors (Lipinski definition) is 1. The van der Waals surface area contributed by atoms with Crippen LogP contribution in [0.1, 0.15) is 26.2 Å². The van der Waals surface area contributed by atoms with Crippen LogP contribution in [0.3, 0.4) is 0 Å². The molecule has 0 fully saturated rings. The van der Waals surface area contributed by atoms with Crippen molar-refractivity contribution in [2.75, 3.05) is 13.6 Å². The molecule has 0 saturated heterocycles. The summed E-state index contributed by atoms with van der Waals surface area (Å²) in [6.45, 7) is 2.26. The number of hydrogen-bond acceptors (Lipinski definition) is 4. The molecule has 0 saturated carbocycles. The van der Waals surface area contributed by atoms with E-state index in [-0.39, 0.29) is 6.54 Å². The molecule has 0 aliphatic rings. The van der Waals surface area contributed by atoms with Crippen molar-refractivity contribution < 1.29 is 21.2 Å². The van der Waals surface area contributed by atoms with Crippen LogP contribution in [-0.2, 0) is 20.0 Å². The minimum Gasteiger partial charge on any atom is -0.225 e. The van der Waals surface area contributed by atoms with Crippen molar-refractivity contribution in [2.45, 2.75) is 36.0 Å². The molecule has 1 aromatic carbocycles. The van der Waals surface area contributed by atoms with E-state index < -0.39 is 35.7 Å². The molecule has 0 bridgehead atoms. The number of sulfonamides is 2. The van der Waals surface area contributed by atoms with E-state index in [0.717, 1.165) is 29.3 Å². The van der Waals surface area contributed by atoms with Crippen molar-refractivity contribution in [3.8, 4) is 0 Å². The van der Waals surface area contributed by atoms with E-state index in [2.05, 4.69) is 0 Å². The average molecular weight is 338 g/mol. The summed E-state index contributed by atoms with van der Waals surface area (Å²) >= 11 is 0. The lowest BCUT2D eigenvalue weighted by molar-refractivity contribution is 0.448. The summed E-state index contributed by atoms with van der Waals surface area (Å²) in [4.78, 5) is -1.03. The quantitative estimate of drug-likeness (QED) is 0.757. The number of benzene rings is 1. The zero-order chi connectivity index (χ0) is 16.3. The summed E-state index contributed by atoms with van der Waals surface area (Å²) in [6, 6.07) is 2.51. The summed E-state index contributed by atoms with van der Waals surface area (Å²) in [5.41, 5.74) is 0. The fourth-order valence-corrected chi connectivity index (χ4v) is 3.52. The predicted molar refractivity (Wildman–Crippen MR) is 77.1 cm³/mol. The van der Waals surface area contributed by atoms with E-state index in [9.17, 15) is 21.2 Å². The van der Waals surface area contributed by atoms with Crippen molar-refractivity contribution in [3.63, 3.8) is 0 Å². The first-order chi connectivity index (χ1) is 9.60. The fourth-order valence-electron chi connectivity index (χ4n) is 1.74. The van der Waals surface area contributed by atoms with Crippen LogP contribution >= 0.6 is 0 Å². The van der Waals surface area contributed by atoms with Gasteiger partial charge in [0.25, 0.3) is 0 Å². The van der Waals surface area contributed by atoms with E-state index in [4.69, 9.17) is 5.14 Å². The largest absolute Gasteiger partial charge is 0.245 e. The Kier molecular flexibility index (Phi) is 5.85. The Balaban J connectivity index is 3.09. The van der Waals surface area contributed by atoms with Crippen LogP contribution in [0, 0.1) is 5.82 Å². The van der Waals surface area contributed by atoms with Gasteiger partial charge in [-0.1, -0.05) is 19.8 Å². The number of primary sulfonamides is 1. The normalized spacial score (nSPS) is 12.8. The maximum absolute atomic E-state index is 13.9. The maximum atomic E-state index is 13.9. The predicted octanol–water partition coefficient (Wildman–Crippen LogP) is 1.28. The topological polar surface area (TPSA) is 97.5 Å². The molecule has 0 aliphatic heterocycles. The zero-order valence-electron chi connectivity index (χ0n) is 11.9. The molecule has 0 aliphatic carbocycles. The third kappa shape index (κ3) is 4.47. The fraction of sp³-hybridized carbons (Fsp3) is 0.500. The molecule has 120 valence electrons. The van der Waals surface area contributed by atoms with Crippen molar-refractivity contribution in [1.29, 1.82) is 0 Å². The van der Waals surface area contributed by atoms with Crippen LogP contribution in [0.4, 0.5) is 4.39 Å². The van der Waals surface area contributed by atoms with Crippen molar-refractivity contribution in [1.82, 2.24) is 4.31 Å². The van der Waals surface area contributed by atoms with Crippen LogP contribution in [0.15, 0.2) is 28.0 Å². The highest BCUT2D eigenvalue weighted by Crippen LogP contribution is 2.21. The lowest BCUT2D eigenvalue weighted by Gasteiger charge is -2.17. The highest BCUT2D eigenvalue weighted by molar-refractivity contribution is 7.89. The van der Waals surface area contributed by atoms with Gasteiger partial charge in [-0.15, -0.1) is 0 Å².